The van der Waals surface area contributed by atoms with Gasteiger partial charge < -0.3 is 14.8 Å². The van der Waals surface area contributed by atoms with Crippen LogP contribution in [0.2, 0.25) is 0 Å². The van der Waals surface area contributed by atoms with Crippen molar-refractivity contribution < 1.29 is 23.9 Å². The zero-order valence-corrected chi connectivity index (χ0v) is 13.6. The Hall–Kier alpha value is -2.26. The molecule has 0 spiro atoms. The number of carbonyl (C=O) groups is 3. The Morgan fingerprint density at radius 3 is 2.41 bits per heavy atom. The van der Waals surface area contributed by atoms with Crippen LogP contribution in [0, 0.1) is 6.92 Å². The van der Waals surface area contributed by atoms with Crippen LogP contribution in [0.3, 0.4) is 0 Å². The van der Waals surface area contributed by atoms with Gasteiger partial charge in [-0.25, -0.2) is 14.6 Å². The van der Waals surface area contributed by atoms with Crippen LogP contribution in [0.25, 0.3) is 0 Å². The monoisotopic (exact) mass is 340 g/mol. The van der Waals surface area contributed by atoms with Crippen LogP contribution in [-0.4, -0.2) is 37.0 Å². The van der Waals surface area contributed by atoms with E-state index in [1.54, 1.807) is 12.3 Å². The Morgan fingerprint density at radius 1 is 1.18 bits per heavy atom. The van der Waals surface area contributed by atoms with Crippen LogP contribution in [0.5, 0.6) is 0 Å². The number of thiazole rings is 1. The second kappa shape index (κ2) is 6.67. The van der Waals surface area contributed by atoms with Crippen molar-refractivity contribution in [3.63, 3.8) is 0 Å². The van der Waals surface area contributed by atoms with Crippen LogP contribution < -0.4 is 5.32 Å². The molecule has 1 N–H and O–H groups in total. The zero-order chi connectivity index (χ0) is 16.3. The van der Waals surface area contributed by atoms with Gasteiger partial charge in [-0.05, 0) is 12.5 Å². The van der Waals surface area contributed by atoms with Crippen molar-refractivity contribution in [1.29, 1.82) is 0 Å². The maximum atomic E-state index is 12.1. The van der Waals surface area contributed by atoms with Gasteiger partial charge in [-0.2, -0.15) is 0 Å². The molecule has 0 aromatic carbocycles. The number of amides is 1. The molecule has 2 aromatic rings. The van der Waals surface area contributed by atoms with Crippen molar-refractivity contribution in [2.45, 2.75) is 6.92 Å². The Balaban J connectivity index is 2.43. The van der Waals surface area contributed by atoms with Crippen LogP contribution in [0.4, 0.5) is 5.00 Å². The average Bonchev–Trinajstić information content (AvgIpc) is 3.14. The molecule has 0 aliphatic heterocycles. The average molecular weight is 340 g/mol. The highest BCUT2D eigenvalue weighted by molar-refractivity contribution is 7.18. The van der Waals surface area contributed by atoms with Gasteiger partial charge in [0.25, 0.3) is 5.91 Å². The smallest absolute Gasteiger partial charge is 0.348 e. The molecular formula is C13H12N2O5S2. The molecule has 7 nitrogen and oxygen atoms in total. The molecule has 0 radical (unpaired) electrons. The van der Waals surface area contributed by atoms with E-state index in [4.69, 9.17) is 4.74 Å². The van der Waals surface area contributed by atoms with E-state index in [0.29, 0.717) is 5.56 Å². The van der Waals surface area contributed by atoms with Crippen molar-refractivity contribution in [2.24, 2.45) is 0 Å². The van der Waals surface area contributed by atoms with Gasteiger partial charge in [-0.3, -0.25) is 4.79 Å². The molecule has 0 bridgehead atoms. The minimum absolute atomic E-state index is 0.136. The molecule has 116 valence electrons. The first kappa shape index (κ1) is 16.1. The number of nitrogens with zero attached hydrogens (tertiary/aromatic N) is 1. The number of rotatable bonds is 4. The summed E-state index contributed by atoms with van der Waals surface area (Å²) < 4.78 is 9.38. The van der Waals surface area contributed by atoms with E-state index < -0.39 is 17.8 Å². The maximum absolute atomic E-state index is 12.1. The van der Waals surface area contributed by atoms with Gasteiger partial charge in [0.05, 0.1) is 25.3 Å². The number of ether oxygens (including phenoxy) is 2. The highest BCUT2D eigenvalue weighted by Crippen LogP contribution is 2.34. The highest BCUT2D eigenvalue weighted by atomic mass is 32.1. The van der Waals surface area contributed by atoms with Gasteiger partial charge >= 0.3 is 11.9 Å². The van der Waals surface area contributed by atoms with Gasteiger partial charge in [0.15, 0.2) is 0 Å². The lowest BCUT2D eigenvalue weighted by Gasteiger charge is -2.04. The second-order valence-electron chi connectivity index (χ2n) is 4.07. The lowest BCUT2D eigenvalue weighted by molar-refractivity contribution is 0.0601. The molecule has 1 amide bonds. The number of hydrogen-bond donors (Lipinski definition) is 1. The Labute approximate surface area is 133 Å². The van der Waals surface area contributed by atoms with Gasteiger partial charge in [0, 0.05) is 5.38 Å². The van der Waals surface area contributed by atoms with Crippen LogP contribution in [0.15, 0.2) is 10.9 Å². The zero-order valence-electron chi connectivity index (χ0n) is 12.0. The number of thiophene rings is 1. The number of anilines is 1. The number of nitrogens with one attached hydrogen (secondary N) is 1. The molecule has 0 saturated carbocycles. The lowest BCUT2D eigenvalue weighted by Crippen LogP contribution is -2.14. The standard InChI is InChI=1S/C13H12N2O5S2/c1-6-8(12(17)19-2)11(22-9(6)13(18)20-3)15-10(16)7-4-21-5-14-7/h4-5H,1-3H3,(H,15,16). The fourth-order valence-electron chi connectivity index (χ4n) is 1.73. The summed E-state index contributed by atoms with van der Waals surface area (Å²) in [6.07, 6.45) is 0. The molecule has 22 heavy (non-hydrogen) atoms. The number of methoxy groups -OCH3 is 2. The molecule has 2 heterocycles. The third-order valence-corrected chi connectivity index (χ3v) is 4.57. The summed E-state index contributed by atoms with van der Waals surface area (Å²) in [4.78, 5) is 39.8. The number of esters is 2. The topological polar surface area (TPSA) is 94.6 Å². The Bertz CT molecular complexity index is 721. The first-order chi connectivity index (χ1) is 10.5. The van der Waals surface area contributed by atoms with Crippen LogP contribution in [0.1, 0.15) is 36.1 Å². The summed E-state index contributed by atoms with van der Waals surface area (Å²) in [5.74, 6) is -1.69. The van der Waals surface area contributed by atoms with Gasteiger partial charge in [-0.1, -0.05) is 0 Å². The third kappa shape index (κ3) is 3.00. The summed E-state index contributed by atoms with van der Waals surface area (Å²) >= 11 is 2.23. The predicted octanol–water partition coefficient (Wildman–Crippen LogP) is 2.34. The van der Waals surface area contributed by atoms with E-state index in [0.717, 1.165) is 11.3 Å². The van der Waals surface area contributed by atoms with Gasteiger partial charge in [-0.15, -0.1) is 22.7 Å². The van der Waals surface area contributed by atoms with Crippen LogP contribution in [-0.2, 0) is 9.47 Å². The first-order valence-corrected chi connectivity index (χ1v) is 7.75. The molecule has 0 fully saturated rings. The number of aromatic nitrogens is 1. The first-order valence-electron chi connectivity index (χ1n) is 5.99. The minimum atomic E-state index is -0.641. The summed E-state index contributed by atoms with van der Waals surface area (Å²) in [5, 5.41) is 4.39. The Kier molecular flexibility index (Phi) is 4.88. The normalized spacial score (nSPS) is 10.1. The van der Waals surface area contributed by atoms with Crippen LogP contribution >= 0.6 is 22.7 Å². The summed E-state index contributed by atoms with van der Waals surface area (Å²) in [6.45, 7) is 1.59. The van der Waals surface area contributed by atoms with Gasteiger partial charge in [0.2, 0.25) is 0 Å². The summed E-state index contributed by atoms with van der Waals surface area (Å²) in [6, 6.07) is 0. The van der Waals surface area contributed by atoms with Crippen molar-refractivity contribution >= 4 is 45.5 Å². The Morgan fingerprint density at radius 2 is 1.86 bits per heavy atom. The fraction of sp³-hybridized carbons (Fsp3) is 0.231. The van der Waals surface area contributed by atoms with E-state index in [9.17, 15) is 14.4 Å². The molecule has 0 unspecified atom stereocenters. The summed E-state index contributed by atoms with van der Waals surface area (Å²) in [5.41, 5.74) is 2.29. The van der Waals surface area contributed by atoms with Crippen molar-refractivity contribution in [2.75, 3.05) is 19.5 Å². The molecule has 0 aliphatic carbocycles. The predicted molar refractivity (Wildman–Crippen MR) is 81.8 cm³/mol. The largest absolute Gasteiger partial charge is 0.465 e. The minimum Gasteiger partial charge on any atom is -0.465 e. The van der Waals surface area contributed by atoms with E-state index >= 15 is 0 Å². The molecule has 2 rings (SSSR count). The number of carbonyl (C=O) groups excluding carboxylic acids is 3. The van der Waals surface area contributed by atoms with Crippen molar-refractivity contribution in [1.82, 2.24) is 4.98 Å². The fourth-order valence-corrected chi connectivity index (χ4v) is 3.37. The number of hydrogen-bond acceptors (Lipinski definition) is 8. The summed E-state index contributed by atoms with van der Waals surface area (Å²) in [7, 11) is 2.47. The van der Waals surface area contributed by atoms with E-state index in [1.165, 1.54) is 31.1 Å². The molecule has 0 saturated heterocycles. The molecule has 2 aromatic heterocycles. The molecule has 9 heteroatoms. The molecule has 0 aliphatic rings. The van der Waals surface area contributed by atoms with E-state index in [1.807, 2.05) is 0 Å². The third-order valence-electron chi connectivity index (χ3n) is 2.80. The second-order valence-corrected chi connectivity index (χ2v) is 5.81. The molecule has 0 atom stereocenters. The highest BCUT2D eigenvalue weighted by Gasteiger charge is 2.27. The quantitative estimate of drug-likeness (QED) is 0.859. The van der Waals surface area contributed by atoms with Crippen molar-refractivity contribution in [3.05, 3.63) is 32.6 Å². The van der Waals surface area contributed by atoms with E-state index in [2.05, 4.69) is 15.0 Å². The maximum Gasteiger partial charge on any atom is 0.348 e. The SMILES string of the molecule is COC(=O)c1sc(NC(=O)c2cscn2)c(C(=O)OC)c1C. The van der Waals surface area contributed by atoms with E-state index in [-0.39, 0.29) is 21.1 Å². The molecular weight excluding hydrogens is 328 g/mol. The van der Waals surface area contributed by atoms with Gasteiger partial charge in [0.1, 0.15) is 15.6 Å². The lowest BCUT2D eigenvalue weighted by atomic mass is 10.1. The van der Waals surface area contributed by atoms with Crippen molar-refractivity contribution in [3.8, 4) is 0 Å².